The highest BCUT2D eigenvalue weighted by atomic mass is 35.5. The number of halogens is 1. The fourth-order valence-electron chi connectivity index (χ4n) is 3.65. The number of hydrazine groups is 1. The number of hydrogen-bond acceptors (Lipinski definition) is 6. The lowest BCUT2D eigenvalue weighted by Gasteiger charge is -2.25. The largest absolute Gasteiger partial charge is 0.386 e. The minimum Gasteiger partial charge on any atom is -0.386 e. The van der Waals surface area contributed by atoms with E-state index in [1.807, 2.05) is 6.07 Å². The van der Waals surface area contributed by atoms with Crippen LogP contribution in [0, 0.1) is 0 Å². The van der Waals surface area contributed by atoms with Gasteiger partial charge in [0.05, 0.1) is 17.3 Å². The lowest BCUT2D eigenvalue weighted by atomic mass is 10.0. The molecule has 3 aromatic rings. The first-order valence-electron chi connectivity index (χ1n) is 10.9. The molecule has 0 bridgehead atoms. The first-order chi connectivity index (χ1) is 17.5. The summed E-state index contributed by atoms with van der Waals surface area (Å²) in [5, 5.41) is 4.16. The third-order valence-corrected chi connectivity index (χ3v) is 5.75. The maximum Gasteiger partial charge on any atom is 0.279 e. The van der Waals surface area contributed by atoms with Gasteiger partial charge in [-0.25, -0.2) is 0 Å². The number of carbonyl (C=O) groups excluding carboxylic acids is 4. The van der Waals surface area contributed by atoms with Crippen molar-refractivity contribution in [2.75, 3.05) is 6.61 Å². The van der Waals surface area contributed by atoms with E-state index in [2.05, 4.69) is 16.0 Å². The van der Waals surface area contributed by atoms with E-state index in [9.17, 15) is 19.2 Å². The van der Waals surface area contributed by atoms with Crippen molar-refractivity contribution in [2.45, 2.75) is 12.5 Å². The first kappa shape index (κ1) is 24.6. The molecule has 0 aromatic heterocycles. The maximum atomic E-state index is 13.1. The summed E-state index contributed by atoms with van der Waals surface area (Å²) in [7, 11) is 0. The van der Waals surface area contributed by atoms with E-state index >= 15 is 0 Å². The van der Waals surface area contributed by atoms with Crippen LogP contribution in [0.1, 0.15) is 31.8 Å². The summed E-state index contributed by atoms with van der Waals surface area (Å²) >= 11 is 6.02. The van der Waals surface area contributed by atoms with Crippen molar-refractivity contribution in [1.82, 2.24) is 15.8 Å². The number of rotatable bonds is 8. The van der Waals surface area contributed by atoms with Crippen molar-refractivity contribution in [3.05, 3.63) is 106 Å². The summed E-state index contributed by atoms with van der Waals surface area (Å²) < 4.78 is 0. The SMILES string of the molecule is O=C(CO/N=C/c1ccccc1Cl)NNC(=O)C(Cc1ccccc1)N1C(=O)c2ccccc2C1=O. The van der Waals surface area contributed by atoms with Crippen LogP contribution in [0.25, 0.3) is 0 Å². The molecule has 1 heterocycles. The molecule has 1 atom stereocenters. The molecule has 0 radical (unpaired) electrons. The van der Waals surface area contributed by atoms with Crippen molar-refractivity contribution in [3.63, 3.8) is 0 Å². The van der Waals surface area contributed by atoms with Crippen molar-refractivity contribution in [2.24, 2.45) is 5.16 Å². The average molecular weight is 505 g/mol. The number of hydrogen-bond donors (Lipinski definition) is 2. The Hall–Kier alpha value is -4.50. The molecular formula is C26H21ClN4O5. The standard InChI is InChI=1S/C26H21ClN4O5/c27-21-13-7-4-10-18(21)15-28-36-16-23(32)29-30-24(33)22(14-17-8-2-1-3-9-17)31-25(34)19-11-5-6-12-20(19)26(31)35/h1-13,15,22H,14,16H2,(H,29,32)(H,30,33)/b28-15+. The molecule has 0 saturated heterocycles. The van der Waals surface area contributed by atoms with Gasteiger partial charge in [-0.2, -0.15) is 0 Å². The molecule has 182 valence electrons. The van der Waals surface area contributed by atoms with Crippen molar-refractivity contribution in [3.8, 4) is 0 Å². The summed E-state index contributed by atoms with van der Waals surface area (Å²) in [6.07, 6.45) is 1.42. The quantitative estimate of drug-likeness (QED) is 0.278. The van der Waals surface area contributed by atoms with Gasteiger partial charge < -0.3 is 4.84 Å². The summed E-state index contributed by atoms with van der Waals surface area (Å²) in [5.74, 6) is -2.58. The molecule has 0 saturated carbocycles. The molecule has 0 fully saturated rings. The molecule has 3 aromatic carbocycles. The molecular weight excluding hydrogens is 484 g/mol. The summed E-state index contributed by atoms with van der Waals surface area (Å²) in [6.45, 7) is -0.488. The Labute approximate surface area is 211 Å². The molecule has 36 heavy (non-hydrogen) atoms. The molecule has 0 aliphatic carbocycles. The maximum absolute atomic E-state index is 13.1. The minimum atomic E-state index is -1.20. The average Bonchev–Trinajstić information content (AvgIpc) is 3.15. The van der Waals surface area contributed by atoms with E-state index < -0.39 is 36.3 Å². The van der Waals surface area contributed by atoms with Crippen LogP contribution in [0.5, 0.6) is 0 Å². The van der Waals surface area contributed by atoms with Gasteiger partial charge in [-0.05, 0) is 23.8 Å². The van der Waals surface area contributed by atoms with Gasteiger partial charge in [-0.1, -0.05) is 77.4 Å². The van der Waals surface area contributed by atoms with Gasteiger partial charge in [0.2, 0.25) is 0 Å². The van der Waals surface area contributed by atoms with E-state index in [0.29, 0.717) is 10.6 Å². The Morgan fingerprint density at radius 1 is 0.889 bits per heavy atom. The molecule has 10 heteroatoms. The zero-order valence-corrected chi connectivity index (χ0v) is 19.6. The predicted molar refractivity (Wildman–Crippen MR) is 132 cm³/mol. The predicted octanol–water partition coefficient (Wildman–Crippen LogP) is 2.75. The Morgan fingerprint density at radius 3 is 2.17 bits per heavy atom. The highest BCUT2D eigenvalue weighted by Crippen LogP contribution is 2.26. The third-order valence-electron chi connectivity index (χ3n) is 5.40. The number of imide groups is 1. The second-order valence-electron chi connectivity index (χ2n) is 7.80. The van der Waals surface area contributed by atoms with Crippen LogP contribution >= 0.6 is 11.6 Å². The topological polar surface area (TPSA) is 117 Å². The van der Waals surface area contributed by atoms with Crippen LogP contribution in [0.4, 0.5) is 0 Å². The van der Waals surface area contributed by atoms with Gasteiger partial charge in [0.25, 0.3) is 23.6 Å². The Kier molecular flexibility index (Phi) is 7.72. The van der Waals surface area contributed by atoms with Gasteiger partial charge in [0.1, 0.15) is 6.04 Å². The van der Waals surface area contributed by atoms with Gasteiger partial charge in [0.15, 0.2) is 6.61 Å². The van der Waals surface area contributed by atoms with E-state index in [1.165, 1.54) is 18.3 Å². The highest BCUT2D eigenvalue weighted by molar-refractivity contribution is 6.33. The Bertz CT molecular complexity index is 1290. The molecule has 4 rings (SSSR count). The van der Waals surface area contributed by atoms with Crippen molar-refractivity contribution < 1.29 is 24.0 Å². The van der Waals surface area contributed by atoms with Gasteiger partial charge in [0, 0.05) is 17.0 Å². The number of carbonyl (C=O) groups is 4. The van der Waals surface area contributed by atoms with E-state index in [0.717, 1.165) is 10.5 Å². The Balaban J connectivity index is 1.40. The Morgan fingerprint density at radius 2 is 1.50 bits per heavy atom. The summed E-state index contributed by atoms with van der Waals surface area (Å²) in [5.41, 5.74) is 6.29. The minimum absolute atomic E-state index is 0.0621. The van der Waals surface area contributed by atoms with E-state index in [4.69, 9.17) is 16.4 Å². The monoisotopic (exact) mass is 504 g/mol. The number of nitrogens with one attached hydrogen (secondary N) is 2. The normalized spacial score (nSPS) is 13.4. The number of oxime groups is 1. The number of fused-ring (bicyclic) bond motifs is 1. The van der Waals surface area contributed by atoms with Gasteiger partial charge in [-0.3, -0.25) is 34.9 Å². The second kappa shape index (κ2) is 11.3. The molecule has 1 aliphatic rings. The third kappa shape index (κ3) is 5.59. The fourth-order valence-corrected chi connectivity index (χ4v) is 3.83. The van der Waals surface area contributed by atoms with Crippen LogP contribution in [0.2, 0.25) is 5.02 Å². The summed E-state index contributed by atoms with van der Waals surface area (Å²) in [4.78, 5) is 57.1. The van der Waals surface area contributed by atoms with E-state index in [1.54, 1.807) is 60.7 Å². The number of amides is 4. The zero-order chi connectivity index (χ0) is 25.5. The second-order valence-corrected chi connectivity index (χ2v) is 8.21. The number of benzene rings is 3. The molecule has 1 unspecified atom stereocenters. The van der Waals surface area contributed by atoms with Gasteiger partial charge >= 0.3 is 0 Å². The van der Waals surface area contributed by atoms with E-state index in [-0.39, 0.29) is 17.5 Å². The van der Waals surface area contributed by atoms with Crippen LogP contribution < -0.4 is 10.9 Å². The smallest absolute Gasteiger partial charge is 0.279 e. The van der Waals surface area contributed by atoms with Crippen molar-refractivity contribution in [1.29, 1.82) is 0 Å². The molecule has 2 N–H and O–H groups in total. The molecule has 4 amide bonds. The molecule has 1 aliphatic heterocycles. The molecule has 0 spiro atoms. The van der Waals surface area contributed by atoms with Gasteiger partial charge in [-0.15, -0.1) is 0 Å². The number of nitrogens with zero attached hydrogens (tertiary/aromatic N) is 2. The molecule has 9 nitrogen and oxygen atoms in total. The van der Waals surface area contributed by atoms with Crippen LogP contribution in [-0.4, -0.2) is 47.4 Å². The highest BCUT2D eigenvalue weighted by Gasteiger charge is 2.42. The van der Waals surface area contributed by atoms with Crippen molar-refractivity contribution >= 4 is 41.4 Å². The zero-order valence-electron chi connectivity index (χ0n) is 18.9. The fraction of sp³-hybridized carbons (Fsp3) is 0.115. The first-order valence-corrected chi connectivity index (χ1v) is 11.3. The lowest BCUT2D eigenvalue weighted by molar-refractivity contribution is -0.133. The van der Waals surface area contributed by atoms with Crippen LogP contribution in [0.3, 0.4) is 0 Å². The van der Waals surface area contributed by atoms with Crippen LogP contribution in [-0.2, 0) is 20.8 Å². The van der Waals surface area contributed by atoms with Crippen LogP contribution in [0.15, 0.2) is 84.0 Å². The lowest BCUT2D eigenvalue weighted by Crippen LogP contribution is -2.55. The summed E-state index contributed by atoms with van der Waals surface area (Å²) in [6, 6.07) is 21.1.